The molecule has 0 atom stereocenters. The standard InChI is InChI=1S/C14H8Cl4N2OS/c15-8-4-5-9(10(16)7-8)13(21)20-14(12(17)18)22-11-3-1-2-6-19-11/h1-7H,(H,20,21). The normalized spacial score (nSPS) is 10.2. The molecule has 1 aromatic heterocycles. The molecule has 0 saturated heterocycles. The van der Waals surface area contributed by atoms with E-state index in [0.717, 1.165) is 11.8 Å². The van der Waals surface area contributed by atoms with Gasteiger partial charge in [0.15, 0.2) is 0 Å². The van der Waals surface area contributed by atoms with Crippen molar-refractivity contribution in [1.29, 1.82) is 0 Å². The van der Waals surface area contributed by atoms with E-state index < -0.39 is 5.91 Å². The Morgan fingerprint density at radius 2 is 1.91 bits per heavy atom. The van der Waals surface area contributed by atoms with Gasteiger partial charge in [0.05, 0.1) is 10.6 Å². The van der Waals surface area contributed by atoms with E-state index in [1.807, 2.05) is 6.07 Å². The first-order valence-electron chi connectivity index (χ1n) is 5.88. The number of pyridine rings is 1. The Bertz CT molecular complexity index is 718. The van der Waals surface area contributed by atoms with Gasteiger partial charge in [-0.15, -0.1) is 0 Å². The van der Waals surface area contributed by atoms with Crippen LogP contribution in [-0.2, 0) is 0 Å². The molecule has 1 N–H and O–H groups in total. The highest BCUT2D eigenvalue weighted by Gasteiger charge is 2.15. The highest BCUT2D eigenvalue weighted by atomic mass is 35.5. The number of hydrogen-bond acceptors (Lipinski definition) is 3. The van der Waals surface area contributed by atoms with Crippen LogP contribution in [0.1, 0.15) is 10.4 Å². The molecule has 2 aromatic rings. The van der Waals surface area contributed by atoms with Gasteiger partial charge in [-0.05, 0) is 42.1 Å². The Labute approximate surface area is 151 Å². The van der Waals surface area contributed by atoms with E-state index in [1.54, 1.807) is 24.4 Å². The second-order valence-electron chi connectivity index (χ2n) is 3.94. The number of halogens is 4. The summed E-state index contributed by atoms with van der Waals surface area (Å²) in [5.74, 6) is -0.445. The monoisotopic (exact) mass is 392 g/mol. The molecular weight excluding hydrogens is 386 g/mol. The average molecular weight is 394 g/mol. The minimum Gasteiger partial charge on any atom is -0.314 e. The van der Waals surface area contributed by atoms with Gasteiger partial charge in [-0.1, -0.05) is 52.5 Å². The number of nitrogens with one attached hydrogen (secondary N) is 1. The van der Waals surface area contributed by atoms with E-state index in [2.05, 4.69) is 10.3 Å². The minimum atomic E-state index is -0.445. The first-order chi connectivity index (χ1) is 10.5. The zero-order valence-electron chi connectivity index (χ0n) is 10.8. The summed E-state index contributed by atoms with van der Waals surface area (Å²) < 4.78 is -0.0749. The van der Waals surface area contributed by atoms with Gasteiger partial charge in [0.2, 0.25) is 0 Å². The first-order valence-corrected chi connectivity index (χ1v) is 8.21. The molecule has 3 nitrogen and oxygen atoms in total. The maximum atomic E-state index is 12.3. The van der Waals surface area contributed by atoms with E-state index in [4.69, 9.17) is 46.4 Å². The predicted molar refractivity (Wildman–Crippen MR) is 92.8 cm³/mol. The van der Waals surface area contributed by atoms with E-state index in [1.165, 1.54) is 12.1 Å². The Morgan fingerprint density at radius 1 is 1.14 bits per heavy atom. The van der Waals surface area contributed by atoms with Crippen molar-refractivity contribution < 1.29 is 4.79 Å². The number of amides is 1. The van der Waals surface area contributed by atoms with Crippen LogP contribution in [-0.4, -0.2) is 10.9 Å². The van der Waals surface area contributed by atoms with Crippen LogP contribution in [0.4, 0.5) is 0 Å². The van der Waals surface area contributed by atoms with Crippen LogP contribution in [0.2, 0.25) is 10.0 Å². The number of carbonyl (C=O) groups is 1. The third-order valence-electron chi connectivity index (χ3n) is 2.42. The van der Waals surface area contributed by atoms with Crippen molar-refractivity contribution in [2.75, 3.05) is 0 Å². The third kappa shape index (κ3) is 4.80. The summed E-state index contributed by atoms with van der Waals surface area (Å²) in [5, 5.41) is 4.19. The second kappa shape index (κ2) is 8.09. The minimum absolute atomic E-state index is 0.0749. The van der Waals surface area contributed by atoms with Gasteiger partial charge in [-0.3, -0.25) is 4.79 Å². The molecule has 0 bridgehead atoms. The fraction of sp³-hybridized carbons (Fsp3) is 0. The SMILES string of the molecule is O=C(NC(Sc1ccccn1)=C(Cl)Cl)c1ccc(Cl)cc1Cl. The van der Waals surface area contributed by atoms with Crippen molar-refractivity contribution in [3.05, 3.63) is 67.7 Å². The number of aromatic nitrogens is 1. The van der Waals surface area contributed by atoms with Gasteiger partial charge < -0.3 is 5.32 Å². The Balaban J connectivity index is 2.18. The van der Waals surface area contributed by atoms with Crippen molar-refractivity contribution in [2.24, 2.45) is 0 Å². The summed E-state index contributed by atoms with van der Waals surface area (Å²) in [4.78, 5) is 16.4. The number of thioether (sulfide) groups is 1. The van der Waals surface area contributed by atoms with Crippen LogP contribution < -0.4 is 5.32 Å². The number of hydrogen-bond donors (Lipinski definition) is 1. The molecule has 0 fully saturated rings. The van der Waals surface area contributed by atoms with E-state index in [-0.39, 0.29) is 20.1 Å². The molecule has 0 aliphatic carbocycles. The molecule has 8 heteroatoms. The van der Waals surface area contributed by atoms with Gasteiger partial charge >= 0.3 is 0 Å². The molecule has 22 heavy (non-hydrogen) atoms. The van der Waals surface area contributed by atoms with Gasteiger partial charge in [-0.2, -0.15) is 0 Å². The molecule has 1 amide bonds. The highest BCUT2D eigenvalue weighted by molar-refractivity contribution is 8.03. The molecule has 0 saturated carbocycles. The van der Waals surface area contributed by atoms with Gasteiger partial charge in [-0.25, -0.2) is 4.98 Å². The summed E-state index contributed by atoms with van der Waals surface area (Å²) >= 11 is 24.6. The lowest BCUT2D eigenvalue weighted by molar-refractivity contribution is 0.0969. The molecule has 0 unspecified atom stereocenters. The second-order valence-corrected chi connectivity index (χ2v) is 6.76. The van der Waals surface area contributed by atoms with Gasteiger partial charge in [0.1, 0.15) is 14.5 Å². The van der Waals surface area contributed by atoms with E-state index in [9.17, 15) is 4.79 Å². The lowest BCUT2D eigenvalue weighted by Gasteiger charge is -2.10. The lowest BCUT2D eigenvalue weighted by atomic mass is 10.2. The smallest absolute Gasteiger partial charge is 0.257 e. The van der Waals surface area contributed by atoms with Crippen molar-refractivity contribution in [3.8, 4) is 0 Å². The van der Waals surface area contributed by atoms with Crippen LogP contribution in [0.5, 0.6) is 0 Å². The van der Waals surface area contributed by atoms with Crippen LogP contribution in [0.25, 0.3) is 0 Å². The Kier molecular flexibility index (Phi) is 6.41. The molecule has 1 heterocycles. The van der Waals surface area contributed by atoms with Crippen LogP contribution in [0, 0.1) is 0 Å². The molecule has 0 radical (unpaired) electrons. The van der Waals surface area contributed by atoms with Crippen molar-refractivity contribution in [1.82, 2.24) is 10.3 Å². The Morgan fingerprint density at radius 3 is 2.50 bits per heavy atom. The maximum Gasteiger partial charge on any atom is 0.257 e. The summed E-state index contributed by atoms with van der Waals surface area (Å²) in [6, 6.07) is 9.93. The molecule has 114 valence electrons. The zero-order valence-corrected chi connectivity index (χ0v) is 14.7. The fourth-order valence-corrected chi connectivity index (χ4v) is 2.98. The zero-order chi connectivity index (χ0) is 16.1. The average Bonchev–Trinajstić information content (AvgIpc) is 2.47. The topological polar surface area (TPSA) is 42.0 Å². The summed E-state index contributed by atoms with van der Waals surface area (Å²) in [5.41, 5.74) is 0.264. The number of rotatable bonds is 4. The number of benzene rings is 1. The fourth-order valence-electron chi connectivity index (χ4n) is 1.47. The maximum absolute atomic E-state index is 12.3. The number of nitrogens with zero attached hydrogens (tertiary/aromatic N) is 1. The van der Waals surface area contributed by atoms with E-state index >= 15 is 0 Å². The van der Waals surface area contributed by atoms with Gasteiger partial charge in [0.25, 0.3) is 5.91 Å². The van der Waals surface area contributed by atoms with Crippen LogP contribution in [0.3, 0.4) is 0 Å². The van der Waals surface area contributed by atoms with Crippen LogP contribution >= 0.6 is 58.2 Å². The predicted octanol–water partition coefficient (Wildman–Crippen LogP) is 5.51. The van der Waals surface area contributed by atoms with Crippen molar-refractivity contribution in [2.45, 2.75) is 5.03 Å². The third-order valence-corrected chi connectivity index (χ3v) is 4.53. The molecular formula is C14H8Cl4N2OS. The lowest BCUT2D eigenvalue weighted by Crippen LogP contribution is -2.22. The molecule has 0 aliphatic rings. The first kappa shape index (κ1) is 17.4. The van der Waals surface area contributed by atoms with Crippen molar-refractivity contribution >= 4 is 64.1 Å². The molecule has 0 aliphatic heterocycles. The highest BCUT2D eigenvalue weighted by Crippen LogP contribution is 2.29. The molecule has 1 aromatic carbocycles. The van der Waals surface area contributed by atoms with Gasteiger partial charge in [0, 0.05) is 11.2 Å². The Hall–Kier alpha value is -0.910. The largest absolute Gasteiger partial charge is 0.314 e. The molecule has 0 spiro atoms. The van der Waals surface area contributed by atoms with E-state index in [0.29, 0.717) is 10.0 Å². The summed E-state index contributed by atoms with van der Waals surface area (Å²) in [6.07, 6.45) is 1.62. The van der Waals surface area contributed by atoms with Crippen molar-refractivity contribution in [3.63, 3.8) is 0 Å². The quantitative estimate of drug-likeness (QED) is 0.695. The summed E-state index contributed by atoms with van der Waals surface area (Å²) in [7, 11) is 0. The number of carbonyl (C=O) groups excluding carboxylic acids is 1. The molecule has 2 rings (SSSR count). The van der Waals surface area contributed by atoms with Crippen LogP contribution in [0.15, 0.2) is 57.1 Å². The summed E-state index contributed by atoms with van der Waals surface area (Å²) in [6.45, 7) is 0.